The smallest absolute Gasteiger partial charge is 0.300 e. The van der Waals surface area contributed by atoms with Gasteiger partial charge in [0.05, 0.1) is 23.7 Å². The van der Waals surface area contributed by atoms with Crippen LogP contribution in [-0.4, -0.2) is 23.9 Å². The second kappa shape index (κ2) is 10.4. The number of benzene rings is 4. The molecule has 1 atom stereocenters. The lowest BCUT2D eigenvalue weighted by atomic mass is 9.94. The van der Waals surface area contributed by atoms with E-state index in [1.165, 1.54) is 18.1 Å². The van der Waals surface area contributed by atoms with Gasteiger partial charge < -0.3 is 14.6 Å². The fourth-order valence-corrected chi connectivity index (χ4v) is 4.66. The summed E-state index contributed by atoms with van der Waals surface area (Å²) in [4.78, 5) is 28.3. The lowest BCUT2D eigenvalue weighted by Gasteiger charge is -2.26. The molecule has 0 aromatic heterocycles. The summed E-state index contributed by atoms with van der Waals surface area (Å²) in [5, 5.41) is 11.7. The van der Waals surface area contributed by atoms with Crippen LogP contribution in [0.5, 0.6) is 17.2 Å². The molecule has 0 aliphatic carbocycles. The van der Waals surface area contributed by atoms with E-state index in [-0.39, 0.29) is 21.9 Å². The van der Waals surface area contributed by atoms with Gasteiger partial charge in [-0.05, 0) is 67.1 Å². The van der Waals surface area contributed by atoms with E-state index >= 15 is 0 Å². The van der Waals surface area contributed by atoms with Crippen molar-refractivity contribution in [1.29, 1.82) is 0 Å². The number of methoxy groups -OCH3 is 1. The summed E-state index contributed by atoms with van der Waals surface area (Å²) < 4.78 is 11.3. The Bertz CT molecular complexity index is 1550. The molecule has 0 bridgehead atoms. The van der Waals surface area contributed by atoms with E-state index in [0.29, 0.717) is 28.5 Å². The Morgan fingerprint density at radius 1 is 0.842 bits per heavy atom. The van der Waals surface area contributed by atoms with Gasteiger partial charge in [-0.15, -0.1) is 0 Å². The van der Waals surface area contributed by atoms with Gasteiger partial charge in [0.15, 0.2) is 0 Å². The molecular formula is C31H24ClNO5. The number of nitrogens with zero attached hydrogens (tertiary/aromatic N) is 1. The maximum Gasteiger partial charge on any atom is 0.300 e. The van der Waals surface area contributed by atoms with Crippen molar-refractivity contribution >= 4 is 34.7 Å². The first kappa shape index (κ1) is 25.1. The Kier molecular flexibility index (Phi) is 6.90. The van der Waals surface area contributed by atoms with Gasteiger partial charge in [0, 0.05) is 11.3 Å². The van der Waals surface area contributed by atoms with Gasteiger partial charge in [-0.3, -0.25) is 14.5 Å². The molecule has 1 unspecified atom stereocenters. The van der Waals surface area contributed by atoms with E-state index in [2.05, 4.69) is 0 Å². The number of carbonyl (C=O) groups excluding carboxylic acids is 2. The number of ether oxygens (including phenoxy) is 2. The number of anilines is 1. The lowest BCUT2D eigenvalue weighted by Crippen LogP contribution is -2.29. The molecule has 6 nitrogen and oxygen atoms in total. The third-order valence-electron chi connectivity index (χ3n) is 6.34. The number of halogens is 1. The molecular weight excluding hydrogens is 502 g/mol. The maximum atomic E-state index is 13.5. The van der Waals surface area contributed by atoms with E-state index in [0.717, 1.165) is 5.56 Å². The van der Waals surface area contributed by atoms with Crippen LogP contribution in [0.2, 0.25) is 5.02 Å². The highest BCUT2D eigenvalue weighted by Gasteiger charge is 2.47. The largest absolute Gasteiger partial charge is 0.507 e. The molecule has 1 fully saturated rings. The van der Waals surface area contributed by atoms with Gasteiger partial charge in [-0.2, -0.15) is 0 Å². The summed E-state index contributed by atoms with van der Waals surface area (Å²) >= 11 is 6.41. The number of para-hydroxylation sites is 1. The predicted octanol–water partition coefficient (Wildman–Crippen LogP) is 7.08. The van der Waals surface area contributed by atoms with Gasteiger partial charge in [-0.1, -0.05) is 59.6 Å². The molecule has 1 saturated heterocycles. The number of carbonyl (C=O) groups is 2. The van der Waals surface area contributed by atoms with Gasteiger partial charge in [0.1, 0.15) is 23.0 Å². The SMILES string of the molecule is COc1ccc(Cl)c(/C(O)=C2\C(=O)C(=O)N(c3ccc(C)cc3)C2c2cccc(Oc3ccccc3)c2)c1. The second-order valence-corrected chi connectivity index (χ2v) is 9.25. The van der Waals surface area contributed by atoms with Crippen LogP contribution in [0.1, 0.15) is 22.7 Å². The number of ketones is 1. The number of Topliss-reactive ketones (excluding diaryl/α,β-unsaturated/α-hetero) is 1. The van der Waals surface area contributed by atoms with Crippen molar-refractivity contribution in [2.45, 2.75) is 13.0 Å². The molecule has 1 aliphatic heterocycles. The predicted molar refractivity (Wildman–Crippen MR) is 147 cm³/mol. The van der Waals surface area contributed by atoms with Crippen LogP contribution in [0.25, 0.3) is 5.76 Å². The molecule has 1 amide bonds. The van der Waals surface area contributed by atoms with Crippen molar-refractivity contribution in [2.75, 3.05) is 12.0 Å². The average molecular weight is 526 g/mol. The Morgan fingerprint density at radius 3 is 2.26 bits per heavy atom. The minimum atomic E-state index is -0.931. The molecule has 190 valence electrons. The summed E-state index contributed by atoms with van der Waals surface area (Å²) in [6.45, 7) is 1.94. The minimum Gasteiger partial charge on any atom is -0.507 e. The summed E-state index contributed by atoms with van der Waals surface area (Å²) in [5.41, 5.74) is 2.21. The molecule has 1 heterocycles. The van der Waals surface area contributed by atoms with Gasteiger partial charge >= 0.3 is 0 Å². The summed E-state index contributed by atoms with van der Waals surface area (Å²) in [6.07, 6.45) is 0. The number of hydrogen-bond acceptors (Lipinski definition) is 5. The standard InChI is InChI=1S/C31H24ClNO5/c1-19-11-13-21(14-12-19)33-28(20-7-6-10-24(17-20)38-22-8-4-3-5-9-22)27(30(35)31(33)36)29(34)25-18-23(37-2)15-16-26(25)32/h3-18,28,34H,1-2H3/b29-27+. The van der Waals surface area contributed by atoms with E-state index in [4.69, 9.17) is 21.1 Å². The van der Waals surface area contributed by atoms with Crippen molar-refractivity contribution in [3.8, 4) is 17.2 Å². The Hall–Kier alpha value is -4.55. The maximum absolute atomic E-state index is 13.5. The summed E-state index contributed by atoms with van der Waals surface area (Å²) in [5.74, 6) is -0.363. The molecule has 5 rings (SSSR count). The van der Waals surface area contributed by atoms with Crippen LogP contribution in [0.15, 0.2) is 103 Å². The monoisotopic (exact) mass is 525 g/mol. The normalized spacial score (nSPS) is 16.5. The van der Waals surface area contributed by atoms with Crippen LogP contribution in [0.4, 0.5) is 5.69 Å². The number of hydrogen-bond donors (Lipinski definition) is 1. The second-order valence-electron chi connectivity index (χ2n) is 8.84. The number of rotatable bonds is 6. The Labute approximate surface area is 225 Å². The van der Waals surface area contributed by atoms with E-state index in [9.17, 15) is 14.7 Å². The highest BCUT2D eigenvalue weighted by atomic mass is 35.5. The van der Waals surface area contributed by atoms with Crippen LogP contribution in [0.3, 0.4) is 0 Å². The van der Waals surface area contributed by atoms with E-state index < -0.39 is 17.7 Å². The molecule has 0 spiro atoms. The fraction of sp³-hybridized carbons (Fsp3) is 0.0968. The molecule has 0 saturated carbocycles. The number of aliphatic hydroxyl groups excluding tert-OH is 1. The van der Waals surface area contributed by atoms with Crippen molar-refractivity contribution < 1.29 is 24.2 Å². The van der Waals surface area contributed by atoms with Crippen molar-refractivity contribution in [3.05, 3.63) is 124 Å². The number of aryl methyl sites for hydroxylation is 1. The zero-order chi connectivity index (χ0) is 26.8. The van der Waals surface area contributed by atoms with E-state index in [1.54, 1.807) is 48.5 Å². The van der Waals surface area contributed by atoms with Crippen molar-refractivity contribution in [2.24, 2.45) is 0 Å². The van der Waals surface area contributed by atoms with Crippen molar-refractivity contribution in [3.63, 3.8) is 0 Å². The molecule has 1 aliphatic rings. The third-order valence-corrected chi connectivity index (χ3v) is 6.67. The van der Waals surface area contributed by atoms with Gasteiger partial charge in [0.2, 0.25) is 0 Å². The van der Waals surface area contributed by atoms with E-state index in [1.807, 2.05) is 49.4 Å². The molecule has 38 heavy (non-hydrogen) atoms. The fourth-order valence-electron chi connectivity index (χ4n) is 4.45. The summed E-state index contributed by atoms with van der Waals surface area (Å²) in [7, 11) is 1.49. The zero-order valence-corrected chi connectivity index (χ0v) is 21.5. The first-order chi connectivity index (χ1) is 18.4. The van der Waals surface area contributed by atoms with Gasteiger partial charge in [-0.25, -0.2) is 0 Å². The third kappa shape index (κ3) is 4.74. The Balaban J connectivity index is 1.69. The van der Waals surface area contributed by atoms with Crippen LogP contribution < -0.4 is 14.4 Å². The zero-order valence-electron chi connectivity index (χ0n) is 20.7. The quantitative estimate of drug-likeness (QED) is 0.165. The highest BCUT2D eigenvalue weighted by molar-refractivity contribution is 6.52. The van der Waals surface area contributed by atoms with Crippen molar-refractivity contribution in [1.82, 2.24) is 0 Å². The summed E-state index contributed by atoms with van der Waals surface area (Å²) in [6, 6.07) is 27.5. The topological polar surface area (TPSA) is 76.1 Å². The molecule has 7 heteroatoms. The first-order valence-electron chi connectivity index (χ1n) is 11.9. The van der Waals surface area contributed by atoms with Crippen LogP contribution in [-0.2, 0) is 9.59 Å². The highest BCUT2D eigenvalue weighted by Crippen LogP contribution is 2.44. The number of aliphatic hydroxyl groups is 1. The number of amides is 1. The minimum absolute atomic E-state index is 0.0809. The molecule has 4 aromatic rings. The average Bonchev–Trinajstić information content (AvgIpc) is 3.20. The van der Waals surface area contributed by atoms with Crippen LogP contribution in [0, 0.1) is 6.92 Å². The van der Waals surface area contributed by atoms with Crippen LogP contribution >= 0.6 is 11.6 Å². The van der Waals surface area contributed by atoms with Gasteiger partial charge in [0.25, 0.3) is 11.7 Å². The molecule has 0 radical (unpaired) electrons. The lowest BCUT2D eigenvalue weighted by molar-refractivity contribution is -0.132. The molecule has 1 N–H and O–H groups in total. The molecule has 4 aromatic carbocycles. The first-order valence-corrected chi connectivity index (χ1v) is 12.3. The Morgan fingerprint density at radius 2 is 1.55 bits per heavy atom.